The molecular weight excluding hydrogens is 188 g/mol. The van der Waals surface area contributed by atoms with E-state index in [4.69, 9.17) is 16.3 Å². The van der Waals surface area contributed by atoms with Crippen LogP contribution in [-0.4, -0.2) is 29.8 Å². The van der Waals surface area contributed by atoms with Gasteiger partial charge in [-0.2, -0.15) is 0 Å². The van der Waals surface area contributed by atoms with Crippen molar-refractivity contribution in [2.75, 3.05) is 13.0 Å². The van der Waals surface area contributed by atoms with Crippen molar-refractivity contribution in [3.8, 4) is 0 Å². The lowest BCUT2D eigenvalue weighted by molar-refractivity contribution is -0.0299. The second-order valence-electron chi connectivity index (χ2n) is 3.91. The third-order valence-electron chi connectivity index (χ3n) is 2.81. The molecule has 0 aliphatic carbocycles. The monoisotopic (exact) mass is 208 g/mol. The van der Waals surface area contributed by atoms with E-state index < -0.39 is 6.10 Å². The van der Waals surface area contributed by atoms with Crippen molar-refractivity contribution in [2.45, 2.75) is 45.3 Å². The summed E-state index contributed by atoms with van der Waals surface area (Å²) in [5.74, 6) is 0.479. The van der Waals surface area contributed by atoms with Crippen LogP contribution in [0, 0.1) is 5.92 Å². The molecule has 3 heteroatoms. The number of methoxy groups -OCH3 is 1. The van der Waals surface area contributed by atoms with E-state index in [1.54, 1.807) is 7.11 Å². The molecule has 1 N–H and O–H groups in total. The van der Waals surface area contributed by atoms with Gasteiger partial charge in [0.1, 0.15) is 0 Å². The molecule has 0 spiro atoms. The Morgan fingerprint density at radius 1 is 1.54 bits per heavy atom. The second-order valence-corrected chi connectivity index (χ2v) is 4.22. The summed E-state index contributed by atoms with van der Waals surface area (Å²) in [6.45, 7) is 6.15. The Labute approximate surface area is 86.2 Å². The standard InChI is InChI=1S/C10H21ClO2/c1-5-10(3,13-4)6-8(2)9(12)7-11/h8-9,12H,5-7H2,1-4H3. The normalized spacial score (nSPS) is 20.8. The van der Waals surface area contributed by atoms with Crippen LogP contribution in [0.3, 0.4) is 0 Å². The SMILES string of the molecule is CCC(C)(CC(C)C(O)CCl)OC. The first-order chi connectivity index (χ1) is 5.99. The van der Waals surface area contributed by atoms with Crippen LogP contribution in [0.5, 0.6) is 0 Å². The van der Waals surface area contributed by atoms with E-state index in [2.05, 4.69) is 13.8 Å². The molecule has 0 aromatic carbocycles. The fourth-order valence-corrected chi connectivity index (χ4v) is 1.65. The zero-order valence-electron chi connectivity index (χ0n) is 9.01. The Bertz CT molecular complexity index is 135. The van der Waals surface area contributed by atoms with E-state index in [0.29, 0.717) is 5.88 Å². The van der Waals surface area contributed by atoms with Crippen molar-refractivity contribution >= 4 is 11.6 Å². The summed E-state index contributed by atoms with van der Waals surface area (Å²) in [6, 6.07) is 0. The summed E-state index contributed by atoms with van der Waals surface area (Å²) in [5.41, 5.74) is -0.132. The number of aliphatic hydroxyl groups excluding tert-OH is 1. The Kier molecular flexibility index (Phi) is 5.93. The van der Waals surface area contributed by atoms with Gasteiger partial charge in [0, 0.05) is 13.0 Å². The molecule has 0 bridgehead atoms. The summed E-state index contributed by atoms with van der Waals surface area (Å²) >= 11 is 5.57. The van der Waals surface area contributed by atoms with Gasteiger partial charge in [0.05, 0.1) is 11.7 Å². The lowest BCUT2D eigenvalue weighted by Gasteiger charge is -2.31. The molecule has 0 amide bonds. The average Bonchev–Trinajstić information content (AvgIpc) is 2.16. The third-order valence-corrected chi connectivity index (χ3v) is 3.13. The average molecular weight is 209 g/mol. The largest absolute Gasteiger partial charge is 0.392 e. The molecule has 80 valence electrons. The van der Waals surface area contributed by atoms with Gasteiger partial charge in [-0.1, -0.05) is 13.8 Å². The van der Waals surface area contributed by atoms with E-state index in [9.17, 15) is 5.11 Å². The van der Waals surface area contributed by atoms with Gasteiger partial charge in [0.15, 0.2) is 0 Å². The number of halogens is 1. The molecule has 13 heavy (non-hydrogen) atoms. The van der Waals surface area contributed by atoms with Crippen LogP contribution in [-0.2, 0) is 4.74 Å². The molecule has 0 fully saturated rings. The molecule has 0 rings (SSSR count). The molecule has 2 nitrogen and oxygen atoms in total. The molecular formula is C10H21ClO2. The van der Waals surface area contributed by atoms with Gasteiger partial charge in [-0.3, -0.25) is 0 Å². The smallest absolute Gasteiger partial charge is 0.0702 e. The molecule has 0 aliphatic rings. The van der Waals surface area contributed by atoms with Crippen molar-refractivity contribution in [1.29, 1.82) is 0 Å². The molecule has 0 heterocycles. The minimum Gasteiger partial charge on any atom is -0.392 e. The minimum absolute atomic E-state index is 0.132. The zero-order valence-corrected chi connectivity index (χ0v) is 9.77. The minimum atomic E-state index is -0.428. The van der Waals surface area contributed by atoms with E-state index in [1.807, 2.05) is 6.92 Å². The van der Waals surface area contributed by atoms with E-state index in [-0.39, 0.29) is 11.5 Å². The van der Waals surface area contributed by atoms with Crippen molar-refractivity contribution in [3.63, 3.8) is 0 Å². The number of aliphatic hydroxyl groups is 1. The van der Waals surface area contributed by atoms with Gasteiger partial charge in [-0.05, 0) is 25.7 Å². The third kappa shape index (κ3) is 4.30. The van der Waals surface area contributed by atoms with E-state index in [1.165, 1.54) is 0 Å². The van der Waals surface area contributed by atoms with Crippen LogP contribution in [0.25, 0.3) is 0 Å². The van der Waals surface area contributed by atoms with E-state index >= 15 is 0 Å². The molecule has 0 radical (unpaired) electrons. The zero-order chi connectivity index (χ0) is 10.5. The number of hydrogen-bond acceptors (Lipinski definition) is 2. The van der Waals surface area contributed by atoms with Gasteiger partial charge in [-0.25, -0.2) is 0 Å². The highest BCUT2D eigenvalue weighted by Gasteiger charge is 2.26. The fraction of sp³-hybridized carbons (Fsp3) is 1.00. The quantitative estimate of drug-likeness (QED) is 0.680. The van der Waals surface area contributed by atoms with Crippen molar-refractivity contribution in [1.82, 2.24) is 0 Å². The Morgan fingerprint density at radius 3 is 2.38 bits per heavy atom. The summed E-state index contributed by atoms with van der Waals surface area (Å²) in [4.78, 5) is 0. The lowest BCUT2D eigenvalue weighted by atomic mass is 9.88. The predicted molar refractivity (Wildman–Crippen MR) is 56.2 cm³/mol. The van der Waals surface area contributed by atoms with Crippen LogP contribution in [0.1, 0.15) is 33.6 Å². The van der Waals surface area contributed by atoms with Gasteiger partial charge in [-0.15, -0.1) is 11.6 Å². The predicted octanol–water partition coefficient (Wildman–Crippen LogP) is 2.43. The first kappa shape index (κ1) is 13.2. The van der Waals surface area contributed by atoms with Crippen LogP contribution < -0.4 is 0 Å². The highest BCUT2D eigenvalue weighted by atomic mass is 35.5. The van der Waals surface area contributed by atoms with E-state index in [0.717, 1.165) is 12.8 Å². The van der Waals surface area contributed by atoms with Crippen molar-refractivity contribution < 1.29 is 9.84 Å². The first-order valence-corrected chi connectivity index (χ1v) is 5.31. The lowest BCUT2D eigenvalue weighted by Crippen LogP contribution is -2.33. The van der Waals surface area contributed by atoms with Crippen LogP contribution >= 0.6 is 11.6 Å². The first-order valence-electron chi connectivity index (χ1n) is 4.78. The molecule has 0 saturated heterocycles. The highest BCUT2D eigenvalue weighted by Crippen LogP contribution is 2.25. The molecule has 0 aromatic heterocycles. The van der Waals surface area contributed by atoms with Crippen molar-refractivity contribution in [2.24, 2.45) is 5.92 Å². The fourth-order valence-electron chi connectivity index (χ4n) is 1.34. The maximum Gasteiger partial charge on any atom is 0.0702 e. The molecule has 0 saturated carbocycles. The molecule has 3 atom stereocenters. The summed E-state index contributed by atoms with van der Waals surface area (Å²) in [5, 5.41) is 9.49. The number of ether oxygens (including phenoxy) is 1. The summed E-state index contributed by atoms with van der Waals surface area (Å²) in [6.07, 6.45) is 1.36. The van der Waals surface area contributed by atoms with Gasteiger partial charge < -0.3 is 9.84 Å². The molecule has 3 unspecified atom stereocenters. The molecule has 0 aliphatic heterocycles. The maximum absolute atomic E-state index is 9.49. The van der Waals surface area contributed by atoms with Crippen molar-refractivity contribution in [3.05, 3.63) is 0 Å². The summed E-state index contributed by atoms with van der Waals surface area (Å²) in [7, 11) is 1.71. The number of rotatable bonds is 6. The van der Waals surface area contributed by atoms with Crippen LogP contribution in [0.4, 0.5) is 0 Å². The Morgan fingerprint density at radius 2 is 2.08 bits per heavy atom. The topological polar surface area (TPSA) is 29.5 Å². The van der Waals surface area contributed by atoms with Gasteiger partial charge in [0.2, 0.25) is 0 Å². The van der Waals surface area contributed by atoms with Gasteiger partial charge >= 0.3 is 0 Å². The Hall–Kier alpha value is 0.210. The van der Waals surface area contributed by atoms with Gasteiger partial charge in [0.25, 0.3) is 0 Å². The van der Waals surface area contributed by atoms with Crippen LogP contribution in [0.15, 0.2) is 0 Å². The number of hydrogen-bond donors (Lipinski definition) is 1. The second kappa shape index (κ2) is 5.84. The highest BCUT2D eigenvalue weighted by molar-refractivity contribution is 6.18. The maximum atomic E-state index is 9.49. The Balaban J connectivity index is 4.08. The molecule has 0 aromatic rings. The number of alkyl halides is 1. The summed E-state index contributed by atoms with van der Waals surface area (Å²) < 4.78 is 5.40. The van der Waals surface area contributed by atoms with Crippen LogP contribution in [0.2, 0.25) is 0 Å².